The molecule has 0 aromatic heterocycles. The van der Waals surface area contributed by atoms with Crippen LogP contribution in [0.15, 0.2) is 0 Å². The van der Waals surface area contributed by atoms with E-state index in [0.29, 0.717) is 12.8 Å². The molecule has 0 saturated heterocycles. The number of hydrogen-bond acceptors (Lipinski definition) is 3. The molecule has 0 radical (unpaired) electrons. The van der Waals surface area contributed by atoms with E-state index in [1.165, 1.54) is 180 Å². The Bertz CT molecular complexity index is 708. The Balaban J connectivity index is 3.36. The molecule has 0 amide bonds. The molecule has 0 aliphatic carbocycles. The van der Waals surface area contributed by atoms with E-state index in [2.05, 4.69) is 0 Å². The molecule has 0 fully saturated rings. The molecule has 0 spiro atoms. The lowest BCUT2D eigenvalue weighted by atomic mass is 9.94. The average molecular weight is 681 g/mol. The highest BCUT2D eigenvalue weighted by Gasteiger charge is 2.16. The molecule has 0 rings (SSSR count). The summed E-state index contributed by atoms with van der Waals surface area (Å²) in [6.07, 6.45) is 44.7. The van der Waals surface area contributed by atoms with E-state index in [1.807, 2.05) is 0 Å². The quantitative estimate of drug-likeness (QED) is 0.0554. The minimum absolute atomic E-state index is 0.141. The van der Waals surface area contributed by atoms with Crippen LogP contribution in [0.3, 0.4) is 0 Å². The maximum atomic E-state index is 11.7. The summed E-state index contributed by atoms with van der Waals surface area (Å²) in [6.45, 7) is 0. The Hall–Kier alpha value is -1.59. The summed E-state index contributed by atoms with van der Waals surface area (Å²) in [5.41, 5.74) is 0. The van der Waals surface area contributed by atoms with Crippen molar-refractivity contribution in [3.05, 3.63) is 0 Å². The van der Waals surface area contributed by atoms with Gasteiger partial charge >= 0.3 is 17.9 Å². The van der Waals surface area contributed by atoms with Gasteiger partial charge in [0.1, 0.15) is 0 Å². The topological polar surface area (TPSA) is 112 Å². The van der Waals surface area contributed by atoms with E-state index in [9.17, 15) is 19.5 Å². The van der Waals surface area contributed by atoms with Crippen LogP contribution in [0.5, 0.6) is 0 Å². The molecule has 0 aliphatic rings. The lowest BCUT2D eigenvalue weighted by Crippen LogP contribution is -2.13. The van der Waals surface area contributed by atoms with Gasteiger partial charge in [-0.2, -0.15) is 0 Å². The third kappa shape index (κ3) is 38.9. The largest absolute Gasteiger partial charge is 0.481 e. The van der Waals surface area contributed by atoms with Gasteiger partial charge in [0.25, 0.3) is 0 Å². The van der Waals surface area contributed by atoms with Crippen LogP contribution in [0.2, 0.25) is 0 Å². The Morgan fingerprint density at radius 1 is 0.271 bits per heavy atom. The summed E-state index contributed by atoms with van der Waals surface area (Å²) in [7, 11) is 0. The van der Waals surface area contributed by atoms with Crippen LogP contribution < -0.4 is 0 Å². The summed E-state index contributed by atoms with van der Waals surface area (Å²) >= 11 is 0. The molecule has 0 aromatic carbocycles. The highest BCUT2D eigenvalue weighted by atomic mass is 16.4. The van der Waals surface area contributed by atoms with E-state index in [1.54, 1.807) is 0 Å². The van der Waals surface area contributed by atoms with Crippen molar-refractivity contribution in [2.45, 2.75) is 244 Å². The second-order valence-corrected chi connectivity index (χ2v) is 14.9. The Labute approximate surface area is 297 Å². The van der Waals surface area contributed by atoms with E-state index in [-0.39, 0.29) is 5.92 Å². The van der Waals surface area contributed by atoms with Crippen LogP contribution >= 0.6 is 0 Å². The highest BCUT2D eigenvalue weighted by molar-refractivity contribution is 5.69. The number of carbonyl (C=O) groups is 3. The number of carboxylic acids is 3. The van der Waals surface area contributed by atoms with Gasteiger partial charge in [-0.15, -0.1) is 0 Å². The fourth-order valence-electron chi connectivity index (χ4n) is 7.03. The molecule has 0 aromatic rings. The van der Waals surface area contributed by atoms with Crippen LogP contribution in [0, 0.1) is 5.92 Å². The highest BCUT2D eigenvalue weighted by Crippen LogP contribution is 2.21. The lowest BCUT2D eigenvalue weighted by Gasteiger charge is -2.12. The molecule has 0 bridgehead atoms. The van der Waals surface area contributed by atoms with E-state index in [4.69, 9.17) is 10.2 Å². The van der Waals surface area contributed by atoms with Crippen molar-refractivity contribution in [2.24, 2.45) is 5.92 Å². The fraction of sp³-hybridized carbons (Fsp3) is 0.929. The number of aliphatic carboxylic acids is 3. The van der Waals surface area contributed by atoms with Crippen molar-refractivity contribution < 1.29 is 29.7 Å². The predicted octanol–water partition coefficient (Wildman–Crippen LogP) is 13.7. The Morgan fingerprint density at radius 2 is 0.438 bits per heavy atom. The molecule has 284 valence electrons. The zero-order valence-corrected chi connectivity index (χ0v) is 31.5. The first kappa shape index (κ1) is 46.4. The summed E-state index contributed by atoms with van der Waals surface area (Å²) in [5.74, 6) is -2.07. The molecule has 3 N–H and O–H groups in total. The molecular formula is C42H80O6. The second-order valence-electron chi connectivity index (χ2n) is 14.9. The van der Waals surface area contributed by atoms with E-state index in [0.717, 1.165) is 51.4 Å². The Morgan fingerprint density at radius 3 is 0.604 bits per heavy atom. The van der Waals surface area contributed by atoms with E-state index < -0.39 is 17.9 Å². The monoisotopic (exact) mass is 681 g/mol. The molecule has 0 aliphatic heterocycles. The van der Waals surface area contributed by atoms with Crippen LogP contribution in [0.4, 0.5) is 0 Å². The smallest absolute Gasteiger partial charge is 0.306 e. The van der Waals surface area contributed by atoms with Crippen molar-refractivity contribution in [2.75, 3.05) is 0 Å². The second kappa shape index (κ2) is 38.2. The lowest BCUT2D eigenvalue weighted by molar-refractivity contribution is -0.142. The fourth-order valence-corrected chi connectivity index (χ4v) is 7.03. The normalized spacial score (nSPS) is 12.0. The number of carboxylic acid groups (broad SMARTS) is 3. The third-order valence-corrected chi connectivity index (χ3v) is 10.2. The van der Waals surface area contributed by atoms with Crippen LogP contribution in [-0.2, 0) is 14.4 Å². The van der Waals surface area contributed by atoms with Gasteiger partial charge in [-0.05, 0) is 25.7 Å². The zero-order valence-electron chi connectivity index (χ0n) is 31.5. The molecule has 6 heteroatoms. The minimum atomic E-state index is -0.672. The van der Waals surface area contributed by atoms with Crippen molar-refractivity contribution >= 4 is 17.9 Å². The number of rotatable bonds is 41. The first-order chi connectivity index (χ1) is 23.4. The van der Waals surface area contributed by atoms with Gasteiger partial charge in [0.05, 0.1) is 5.92 Å². The van der Waals surface area contributed by atoms with Gasteiger partial charge in [-0.1, -0.05) is 205 Å². The molecule has 1 unspecified atom stereocenters. The first-order valence-electron chi connectivity index (χ1n) is 21.1. The van der Waals surface area contributed by atoms with Crippen LogP contribution in [-0.4, -0.2) is 33.2 Å². The standard InChI is InChI=1S/C42H80O6/c43-40(44)37-33-29-25-21-17-13-9-4-2-1-3-7-11-15-19-23-27-31-35-39(42(47)48)36-32-28-24-20-16-12-8-5-6-10-14-18-22-26-30-34-38-41(45)46/h39H,1-38H2,(H,43,44)(H,45,46)(H,47,48). The Kier molecular flexibility index (Phi) is 36.9. The molecule has 1 atom stereocenters. The van der Waals surface area contributed by atoms with Gasteiger partial charge in [0, 0.05) is 12.8 Å². The summed E-state index contributed by atoms with van der Waals surface area (Å²) < 4.78 is 0. The van der Waals surface area contributed by atoms with Gasteiger partial charge < -0.3 is 15.3 Å². The summed E-state index contributed by atoms with van der Waals surface area (Å²) in [5, 5.41) is 27.0. The van der Waals surface area contributed by atoms with E-state index >= 15 is 0 Å². The predicted molar refractivity (Wildman–Crippen MR) is 202 cm³/mol. The van der Waals surface area contributed by atoms with Gasteiger partial charge in [0.2, 0.25) is 0 Å². The van der Waals surface area contributed by atoms with Gasteiger partial charge in [-0.25, -0.2) is 0 Å². The first-order valence-corrected chi connectivity index (χ1v) is 21.1. The van der Waals surface area contributed by atoms with Gasteiger partial charge in [-0.3, -0.25) is 14.4 Å². The molecular weight excluding hydrogens is 600 g/mol. The summed E-state index contributed by atoms with van der Waals surface area (Å²) in [4.78, 5) is 32.7. The molecule has 0 saturated carbocycles. The maximum Gasteiger partial charge on any atom is 0.306 e. The third-order valence-electron chi connectivity index (χ3n) is 10.2. The van der Waals surface area contributed by atoms with Crippen LogP contribution in [0.1, 0.15) is 244 Å². The molecule has 6 nitrogen and oxygen atoms in total. The number of hydrogen-bond donors (Lipinski definition) is 3. The maximum absolute atomic E-state index is 11.7. The zero-order chi connectivity index (χ0) is 35.2. The summed E-state index contributed by atoms with van der Waals surface area (Å²) in [6, 6.07) is 0. The van der Waals surface area contributed by atoms with Crippen LogP contribution in [0.25, 0.3) is 0 Å². The minimum Gasteiger partial charge on any atom is -0.481 e. The van der Waals surface area contributed by atoms with Crippen molar-refractivity contribution in [1.29, 1.82) is 0 Å². The van der Waals surface area contributed by atoms with Crippen molar-refractivity contribution in [3.63, 3.8) is 0 Å². The van der Waals surface area contributed by atoms with Crippen molar-refractivity contribution in [1.82, 2.24) is 0 Å². The van der Waals surface area contributed by atoms with Gasteiger partial charge in [0.15, 0.2) is 0 Å². The SMILES string of the molecule is O=C(O)CCCCCCCCCCCCCCCCCCCCC(CCCCCCCCCCCCCCCCCCC(=O)O)C(=O)O. The van der Waals surface area contributed by atoms with Crippen molar-refractivity contribution in [3.8, 4) is 0 Å². The number of unbranched alkanes of at least 4 members (excludes halogenated alkanes) is 32. The molecule has 0 heterocycles. The average Bonchev–Trinajstić information content (AvgIpc) is 3.05. The molecule has 48 heavy (non-hydrogen) atoms.